The molecule has 1 aromatic carbocycles. The van der Waals surface area contributed by atoms with Crippen LogP contribution in [-0.4, -0.2) is 11.5 Å². The van der Waals surface area contributed by atoms with Crippen LogP contribution in [0.5, 0.6) is 0 Å². The third-order valence-electron chi connectivity index (χ3n) is 3.01. The Morgan fingerprint density at radius 1 is 1.35 bits per heavy atom. The minimum atomic E-state index is -4.31. The predicted molar refractivity (Wildman–Crippen MR) is 65.0 cm³/mol. The van der Waals surface area contributed by atoms with Crippen molar-refractivity contribution in [3.05, 3.63) is 29.3 Å². The molecule has 1 unspecified atom stereocenters. The quantitative estimate of drug-likeness (QED) is 0.823. The van der Waals surface area contributed by atoms with Gasteiger partial charge >= 0.3 is 6.18 Å². The fourth-order valence-corrected chi connectivity index (χ4v) is 3.30. The summed E-state index contributed by atoms with van der Waals surface area (Å²) < 4.78 is 37.3. The minimum absolute atomic E-state index is 0.261. The summed E-state index contributed by atoms with van der Waals surface area (Å²) in [6.45, 7) is 0. The summed E-state index contributed by atoms with van der Waals surface area (Å²) in [5.74, 6) is 2.78. The molecule has 17 heavy (non-hydrogen) atoms. The van der Waals surface area contributed by atoms with E-state index in [0.29, 0.717) is 5.92 Å². The molecule has 1 heterocycles. The molecule has 0 amide bonds. The van der Waals surface area contributed by atoms with Gasteiger partial charge in [0.25, 0.3) is 0 Å². The summed E-state index contributed by atoms with van der Waals surface area (Å²) >= 11 is 1.89. The van der Waals surface area contributed by atoms with Crippen molar-refractivity contribution in [2.24, 2.45) is 5.92 Å². The van der Waals surface area contributed by atoms with Gasteiger partial charge in [0.05, 0.1) is 5.56 Å². The molecule has 2 rings (SSSR count). The van der Waals surface area contributed by atoms with Crippen molar-refractivity contribution in [1.82, 2.24) is 0 Å². The fraction of sp³-hybridized carbons (Fsp3) is 0.500. The van der Waals surface area contributed by atoms with E-state index in [4.69, 9.17) is 5.73 Å². The molecule has 0 spiro atoms. The van der Waals surface area contributed by atoms with E-state index in [-0.39, 0.29) is 5.69 Å². The molecule has 1 saturated heterocycles. The molecule has 1 nitrogen and oxygen atoms in total. The molecule has 1 fully saturated rings. The fourth-order valence-electron chi connectivity index (χ4n) is 2.01. The first-order valence-electron chi connectivity index (χ1n) is 5.50. The number of rotatable bonds is 2. The third kappa shape index (κ3) is 3.09. The van der Waals surface area contributed by atoms with Crippen LogP contribution >= 0.6 is 11.8 Å². The Bertz CT molecular complexity index is 397. The number of benzene rings is 1. The molecular weight excluding hydrogens is 247 g/mol. The van der Waals surface area contributed by atoms with E-state index in [1.165, 1.54) is 6.07 Å². The number of anilines is 1. The maximum Gasteiger partial charge on any atom is 0.416 e. The van der Waals surface area contributed by atoms with Gasteiger partial charge in [-0.3, -0.25) is 0 Å². The van der Waals surface area contributed by atoms with E-state index in [2.05, 4.69) is 0 Å². The zero-order chi connectivity index (χ0) is 12.5. The molecule has 94 valence electrons. The van der Waals surface area contributed by atoms with Gasteiger partial charge in [0.2, 0.25) is 0 Å². The summed E-state index contributed by atoms with van der Waals surface area (Å²) in [5, 5.41) is 0. The summed E-state index contributed by atoms with van der Waals surface area (Å²) in [6.07, 6.45) is -2.39. The average molecular weight is 261 g/mol. The van der Waals surface area contributed by atoms with Crippen LogP contribution in [0.4, 0.5) is 18.9 Å². The number of nitrogens with two attached hydrogens (primary N) is 1. The first-order chi connectivity index (χ1) is 7.97. The highest BCUT2D eigenvalue weighted by Crippen LogP contribution is 2.33. The lowest BCUT2D eigenvalue weighted by Gasteiger charge is -2.13. The standard InChI is InChI=1S/C12H14F3NS/c13-12(14,15)10-2-1-9(11(16)6-10)5-8-3-4-17-7-8/h1-2,6,8H,3-5,7,16H2. The van der Waals surface area contributed by atoms with Gasteiger partial charge in [-0.15, -0.1) is 0 Å². The van der Waals surface area contributed by atoms with Crippen molar-refractivity contribution in [3.63, 3.8) is 0 Å². The van der Waals surface area contributed by atoms with Crippen molar-refractivity contribution < 1.29 is 13.2 Å². The van der Waals surface area contributed by atoms with Gasteiger partial charge < -0.3 is 5.73 Å². The lowest BCUT2D eigenvalue weighted by Crippen LogP contribution is -2.09. The molecule has 0 bridgehead atoms. The Balaban J connectivity index is 2.14. The number of hydrogen-bond acceptors (Lipinski definition) is 2. The summed E-state index contributed by atoms with van der Waals surface area (Å²) in [7, 11) is 0. The van der Waals surface area contributed by atoms with Gasteiger partial charge in [-0.1, -0.05) is 6.07 Å². The van der Waals surface area contributed by atoms with E-state index in [0.717, 1.165) is 42.0 Å². The number of halogens is 3. The molecule has 0 radical (unpaired) electrons. The highest BCUT2D eigenvalue weighted by atomic mass is 32.2. The van der Waals surface area contributed by atoms with Crippen LogP contribution in [-0.2, 0) is 12.6 Å². The predicted octanol–water partition coefficient (Wildman–Crippen LogP) is 3.58. The molecule has 0 aromatic heterocycles. The Kier molecular flexibility index (Phi) is 3.56. The number of thioether (sulfide) groups is 1. The largest absolute Gasteiger partial charge is 0.416 e. The van der Waals surface area contributed by atoms with E-state index < -0.39 is 11.7 Å². The van der Waals surface area contributed by atoms with Crippen LogP contribution in [0.3, 0.4) is 0 Å². The topological polar surface area (TPSA) is 26.0 Å². The van der Waals surface area contributed by atoms with Crippen molar-refractivity contribution >= 4 is 17.4 Å². The van der Waals surface area contributed by atoms with Gasteiger partial charge in [0.15, 0.2) is 0 Å². The zero-order valence-electron chi connectivity index (χ0n) is 9.26. The van der Waals surface area contributed by atoms with Gasteiger partial charge in [-0.2, -0.15) is 24.9 Å². The maximum absolute atomic E-state index is 12.4. The van der Waals surface area contributed by atoms with Crippen molar-refractivity contribution in [3.8, 4) is 0 Å². The Morgan fingerprint density at radius 3 is 2.65 bits per heavy atom. The van der Waals surface area contributed by atoms with Crippen LogP contribution in [0.2, 0.25) is 0 Å². The number of hydrogen-bond donors (Lipinski definition) is 1. The molecular formula is C12H14F3NS. The molecule has 1 atom stereocenters. The Hall–Kier alpha value is -0.840. The highest BCUT2D eigenvalue weighted by Gasteiger charge is 2.31. The monoisotopic (exact) mass is 261 g/mol. The van der Waals surface area contributed by atoms with Crippen LogP contribution < -0.4 is 5.73 Å². The van der Waals surface area contributed by atoms with E-state index >= 15 is 0 Å². The Labute approximate surface area is 103 Å². The maximum atomic E-state index is 12.4. The second kappa shape index (κ2) is 4.80. The average Bonchev–Trinajstić information content (AvgIpc) is 2.72. The van der Waals surface area contributed by atoms with Crippen LogP contribution in [0.15, 0.2) is 18.2 Å². The van der Waals surface area contributed by atoms with Gasteiger partial charge in [-0.05, 0) is 48.0 Å². The van der Waals surface area contributed by atoms with Gasteiger partial charge in [0.1, 0.15) is 0 Å². The molecule has 1 aromatic rings. The van der Waals surface area contributed by atoms with Crippen LogP contribution in [0, 0.1) is 5.92 Å². The summed E-state index contributed by atoms with van der Waals surface area (Å²) in [5.41, 5.74) is 6.12. The molecule has 5 heteroatoms. The number of nitrogen functional groups attached to an aromatic ring is 1. The van der Waals surface area contributed by atoms with Crippen molar-refractivity contribution in [1.29, 1.82) is 0 Å². The number of alkyl halides is 3. The van der Waals surface area contributed by atoms with Crippen LogP contribution in [0.25, 0.3) is 0 Å². The zero-order valence-corrected chi connectivity index (χ0v) is 10.1. The van der Waals surface area contributed by atoms with Gasteiger partial charge in [-0.25, -0.2) is 0 Å². The van der Waals surface area contributed by atoms with E-state index in [9.17, 15) is 13.2 Å². The van der Waals surface area contributed by atoms with Crippen molar-refractivity contribution in [2.75, 3.05) is 17.2 Å². The lowest BCUT2D eigenvalue weighted by molar-refractivity contribution is -0.137. The summed E-state index contributed by atoms with van der Waals surface area (Å²) in [6, 6.07) is 3.67. The van der Waals surface area contributed by atoms with Crippen LogP contribution in [0.1, 0.15) is 17.5 Å². The van der Waals surface area contributed by atoms with Crippen molar-refractivity contribution in [2.45, 2.75) is 19.0 Å². The molecule has 0 aliphatic carbocycles. The minimum Gasteiger partial charge on any atom is -0.398 e. The first kappa shape index (κ1) is 12.6. The second-order valence-corrected chi connectivity index (χ2v) is 5.49. The first-order valence-corrected chi connectivity index (χ1v) is 6.65. The van der Waals surface area contributed by atoms with Gasteiger partial charge in [0, 0.05) is 5.69 Å². The summed E-state index contributed by atoms with van der Waals surface area (Å²) in [4.78, 5) is 0. The second-order valence-electron chi connectivity index (χ2n) is 4.35. The van der Waals surface area contributed by atoms with E-state index in [1.807, 2.05) is 11.8 Å². The molecule has 1 aliphatic heterocycles. The highest BCUT2D eigenvalue weighted by molar-refractivity contribution is 7.99. The molecule has 1 aliphatic rings. The molecule has 2 N–H and O–H groups in total. The Morgan fingerprint density at radius 2 is 2.12 bits per heavy atom. The third-order valence-corrected chi connectivity index (χ3v) is 4.24. The molecule has 0 saturated carbocycles. The SMILES string of the molecule is Nc1cc(C(F)(F)F)ccc1CC1CCSC1. The van der Waals surface area contributed by atoms with E-state index in [1.54, 1.807) is 0 Å². The smallest absolute Gasteiger partial charge is 0.398 e. The normalized spacial score (nSPS) is 20.8. The lowest BCUT2D eigenvalue weighted by atomic mass is 9.96.